The monoisotopic (exact) mass is 1110 g/mol. The van der Waals surface area contributed by atoms with E-state index in [1.165, 1.54) is 167 Å². The molecule has 6 nitrogen and oxygen atoms in total. The largest absolute Gasteiger partial charge is 0.462 e. The van der Waals surface area contributed by atoms with Crippen LogP contribution in [0.5, 0.6) is 0 Å². The SMILES string of the molecule is CC/C=C\C/C=C\C/C=C\C/C=C\C/C=C\C/C=C\C/C=C\CCCCCC(=O)OCC(COC(=O)CCCCCCCCCCCCCCCCCC)OC(=O)CCCCCCCCCCC/C=C\C/C=C\CCCCCCC. The Kier molecular flexibility index (Phi) is 64.3. The maximum absolute atomic E-state index is 12.9. The molecule has 6 heteroatoms. The normalized spacial score (nSPS) is 12.8. The van der Waals surface area contributed by atoms with Gasteiger partial charge in [0, 0.05) is 19.3 Å². The Bertz CT molecular complexity index is 1610. The number of hydrogen-bond acceptors (Lipinski definition) is 6. The van der Waals surface area contributed by atoms with Crippen LogP contribution in [0.25, 0.3) is 0 Å². The smallest absolute Gasteiger partial charge is 0.306 e. The zero-order valence-electron chi connectivity index (χ0n) is 52.6. The van der Waals surface area contributed by atoms with E-state index >= 15 is 0 Å². The highest BCUT2D eigenvalue weighted by Crippen LogP contribution is 2.16. The van der Waals surface area contributed by atoms with E-state index in [0.29, 0.717) is 19.3 Å². The first-order chi connectivity index (χ1) is 39.5. The third kappa shape index (κ3) is 64.9. The maximum Gasteiger partial charge on any atom is 0.306 e. The Morgan fingerprint density at radius 2 is 0.487 bits per heavy atom. The van der Waals surface area contributed by atoms with Crippen LogP contribution < -0.4 is 0 Å². The topological polar surface area (TPSA) is 78.9 Å². The molecule has 0 heterocycles. The first-order valence-corrected chi connectivity index (χ1v) is 33.9. The average Bonchev–Trinajstić information content (AvgIpc) is 3.46. The molecule has 0 aromatic heterocycles. The van der Waals surface area contributed by atoms with E-state index in [4.69, 9.17) is 14.2 Å². The number of carbonyl (C=O) groups excluding carboxylic acids is 3. The van der Waals surface area contributed by atoms with Gasteiger partial charge in [0.1, 0.15) is 13.2 Å². The highest BCUT2D eigenvalue weighted by atomic mass is 16.6. The Morgan fingerprint density at radius 1 is 0.263 bits per heavy atom. The van der Waals surface area contributed by atoms with Gasteiger partial charge in [-0.25, -0.2) is 0 Å². The zero-order valence-corrected chi connectivity index (χ0v) is 52.6. The summed E-state index contributed by atoms with van der Waals surface area (Å²) in [7, 11) is 0. The second kappa shape index (κ2) is 67.6. The fourth-order valence-corrected chi connectivity index (χ4v) is 9.45. The number of ether oxygens (including phenoxy) is 3. The molecule has 80 heavy (non-hydrogen) atoms. The molecule has 0 aromatic carbocycles. The number of rotatable bonds is 61. The van der Waals surface area contributed by atoms with Crippen molar-refractivity contribution in [2.24, 2.45) is 0 Å². The Balaban J connectivity index is 4.44. The Hall–Kier alpha value is -3.93. The number of esters is 3. The fourth-order valence-electron chi connectivity index (χ4n) is 9.45. The van der Waals surface area contributed by atoms with E-state index in [1.807, 2.05) is 0 Å². The van der Waals surface area contributed by atoms with E-state index in [9.17, 15) is 14.4 Å². The van der Waals surface area contributed by atoms with Gasteiger partial charge in [-0.05, 0) is 109 Å². The average molecular weight is 1110 g/mol. The molecular formula is C74H126O6. The summed E-state index contributed by atoms with van der Waals surface area (Å²) >= 11 is 0. The van der Waals surface area contributed by atoms with Gasteiger partial charge < -0.3 is 14.2 Å². The van der Waals surface area contributed by atoms with Crippen molar-refractivity contribution in [3.05, 3.63) is 109 Å². The molecule has 0 amide bonds. The van der Waals surface area contributed by atoms with Crippen LogP contribution in [-0.4, -0.2) is 37.2 Å². The van der Waals surface area contributed by atoms with Crippen LogP contribution in [0.4, 0.5) is 0 Å². The van der Waals surface area contributed by atoms with Gasteiger partial charge in [0.25, 0.3) is 0 Å². The van der Waals surface area contributed by atoms with Crippen LogP contribution in [0.1, 0.15) is 323 Å². The van der Waals surface area contributed by atoms with Crippen LogP contribution >= 0.6 is 0 Å². The standard InChI is InChI=1S/C74H126O6/c1-4-7-10-13-16-19-22-25-28-31-33-35-36-37-38-40-41-43-46-49-52-55-58-61-64-67-73(76)79-70-71(69-78-72(75)66-63-60-57-54-51-48-45-30-27-24-21-18-15-12-9-6-3)80-74(77)68-65-62-59-56-53-50-47-44-42-39-34-32-29-26-23-20-17-14-11-8-5-2/h7,10,16,19,23,25-26,28,32-35,37-38,41,43,49,52,71H,4-6,8-9,11-15,17-18,20-22,24,27,29-31,36,39-40,42,44-48,50-51,53-70H2,1-3H3/b10-7-,19-16-,26-23-,28-25-,34-32-,35-33-,38-37-,43-41-,52-49-. The lowest BCUT2D eigenvalue weighted by atomic mass is 10.0. The summed E-state index contributed by atoms with van der Waals surface area (Å²) in [4.78, 5) is 38.4. The predicted molar refractivity (Wildman–Crippen MR) is 348 cm³/mol. The Labute approximate surface area is 495 Å². The minimum Gasteiger partial charge on any atom is -0.462 e. The van der Waals surface area contributed by atoms with E-state index in [-0.39, 0.29) is 31.1 Å². The van der Waals surface area contributed by atoms with Crippen molar-refractivity contribution in [3.63, 3.8) is 0 Å². The summed E-state index contributed by atoms with van der Waals surface area (Å²) in [6.45, 7) is 6.52. The lowest BCUT2D eigenvalue weighted by Crippen LogP contribution is -2.30. The first kappa shape index (κ1) is 76.1. The van der Waals surface area contributed by atoms with E-state index in [1.54, 1.807) is 0 Å². The molecule has 0 aliphatic rings. The van der Waals surface area contributed by atoms with Crippen molar-refractivity contribution in [1.82, 2.24) is 0 Å². The van der Waals surface area contributed by atoms with Crippen LogP contribution in [0, 0.1) is 0 Å². The highest BCUT2D eigenvalue weighted by molar-refractivity contribution is 5.71. The summed E-state index contributed by atoms with van der Waals surface area (Å²) < 4.78 is 16.9. The number of hydrogen-bond donors (Lipinski definition) is 0. The van der Waals surface area contributed by atoms with Gasteiger partial charge in [-0.2, -0.15) is 0 Å². The molecule has 0 aliphatic carbocycles. The molecule has 0 aliphatic heterocycles. The van der Waals surface area contributed by atoms with Gasteiger partial charge in [0.15, 0.2) is 6.10 Å². The van der Waals surface area contributed by atoms with Gasteiger partial charge in [-0.15, -0.1) is 0 Å². The second-order valence-electron chi connectivity index (χ2n) is 22.4. The summed E-state index contributed by atoms with van der Waals surface area (Å²) in [5.74, 6) is -0.915. The van der Waals surface area contributed by atoms with Crippen molar-refractivity contribution in [2.75, 3.05) is 13.2 Å². The Morgan fingerprint density at radius 3 is 0.775 bits per heavy atom. The lowest BCUT2D eigenvalue weighted by molar-refractivity contribution is -0.167. The lowest BCUT2D eigenvalue weighted by Gasteiger charge is -2.18. The third-order valence-electron chi connectivity index (χ3n) is 14.5. The molecule has 1 atom stereocenters. The molecule has 0 bridgehead atoms. The second-order valence-corrected chi connectivity index (χ2v) is 22.4. The van der Waals surface area contributed by atoms with Crippen LogP contribution in [-0.2, 0) is 28.6 Å². The van der Waals surface area contributed by atoms with Gasteiger partial charge >= 0.3 is 17.9 Å². The van der Waals surface area contributed by atoms with Crippen molar-refractivity contribution < 1.29 is 28.6 Å². The van der Waals surface area contributed by atoms with Crippen molar-refractivity contribution in [3.8, 4) is 0 Å². The molecule has 458 valence electrons. The van der Waals surface area contributed by atoms with E-state index < -0.39 is 6.10 Å². The number of allylic oxidation sites excluding steroid dienone is 18. The molecule has 0 radical (unpaired) electrons. The quantitative estimate of drug-likeness (QED) is 0.0261. The molecule has 0 rings (SSSR count). The van der Waals surface area contributed by atoms with Crippen molar-refractivity contribution in [1.29, 1.82) is 0 Å². The minimum absolute atomic E-state index is 0.0887. The minimum atomic E-state index is -0.797. The summed E-state index contributed by atoms with van der Waals surface area (Å²) in [6, 6.07) is 0. The van der Waals surface area contributed by atoms with Gasteiger partial charge in [-0.3, -0.25) is 14.4 Å². The molecule has 0 aromatic rings. The summed E-state index contributed by atoms with van der Waals surface area (Å²) in [5.41, 5.74) is 0. The van der Waals surface area contributed by atoms with Gasteiger partial charge in [0.2, 0.25) is 0 Å². The molecule has 0 N–H and O–H groups in total. The predicted octanol–water partition coefficient (Wildman–Crippen LogP) is 23.4. The molecule has 0 spiro atoms. The summed E-state index contributed by atoms with van der Waals surface area (Å²) in [5, 5.41) is 0. The van der Waals surface area contributed by atoms with Crippen LogP contribution in [0.2, 0.25) is 0 Å². The molecule has 1 unspecified atom stereocenters. The van der Waals surface area contributed by atoms with Gasteiger partial charge in [-0.1, -0.05) is 304 Å². The highest BCUT2D eigenvalue weighted by Gasteiger charge is 2.19. The maximum atomic E-state index is 12.9. The molecule has 0 saturated heterocycles. The summed E-state index contributed by atoms with van der Waals surface area (Å²) in [6.07, 6.45) is 92.4. The van der Waals surface area contributed by atoms with Crippen molar-refractivity contribution in [2.45, 2.75) is 329 Å². The van der Waals surface area contributed by atoms with Crippen LogP contribution in [0.15, 0.2) is 109 Å². The fraction of sp³-hybridized carbons (Fsp3) is 0.716. The zero-order chi connectivity index (χ0) is 57.8. The first-order valence-electron chi connectivity index (χ1n) is 33.9. The molecular weight excluding hydrogens is 985 g/mol. The van der Waals surface area contributed by atoms with Crippen molar-refractivity contribution >= 4 is 17.9 Å². The molecule has 0 fully saturated rings. The third-order valence-corrected chi connectivity index (χ3v) is 14.5. The molecule has 0 saturated carbocycles. The van der Waals surface area contributed by atoms with Crippen LogP contribution in [0.3, 0.4) is 0 Å². The van der Waals surface area contributed by atoms with E-state index in [2.05, 4.69) is 130 Å². The van der Waals surface area contributed by atoms with E-state index in [0.717, 1.165) is 116 Å². The number of unbranched alkanes of at least 4 members (excludes halogenated alkanes) is 32. The number of carbonyl (C=O) groups is 3. The van der Waals surface area contributed by atoms with Gasteiger partial charge in [0.05, 0.1) is 0 Å².